The second kappa shape index (κ2) is 10.8. The molecule has 0 aliphatic heterocycles. The molecular formula is C32H30OSi2. The van der Waals surface area contributed by atoms with Gasteiger partial charge in [0.1, 0.15) is 0 Å². The molecule has 0 radical (unpaired) electrons. The Bertz CT molecular complexity index is 1270. The van der Waals surface area contributed by atoms with E-state index in [1.807, 2.05) is 60.7 Å². The summed E-state index contributed by atoms with van der Waals surface area (Å²) in [4.78, 5) is 0. The fourth-order valence-corrected chi connectivity index (χ4v) is 12.0. The SMILES string of the molecule is C[Si](C)(O[Si](C)(C)c1ccc(C#Cc2ccccc2)cc1)c1ccc(C#Cc2ccccc2)cc1. The van der Waals surface area contributed by atoms with Crippen molar-refractivity contribution >= 4 is 27.0 Å². The fraction of sp³-hybridized carbons (Fsp3) is 0.125. The first-order valence-corrected chi connectivity index (χ1v) is 17.7. The Morgan fingerprint density at radius 1 is 0.400 bits per heavy atom. The molecule has 172 valence electrons. The van der Waals surface area contributed by atoms with Gasteiger partial charge in [-0.1, -0.05) is 84.3 Å². The second-order valence-corrected chi connectivity index (χ2v) is 17.5. The third kappa shape index (κ3) is 6.72. The average Bonchev–Trinajstić information content (AvgIpc) is 2.87. The summed E-state index contributed by atoms with van der Waals surface area (Å²) in [5, 5.41) is 2.57. The van der Waals surface area contributed by atoms with Crippen molar-refractivity contribution < 1.29 is 4.12 Å². The summed E-state index contributed by atoms with van der Waals surface area (Å²) in [5.74, 6) is 13.0. The lowest BCUT2D eigenvalue weighted by molar-refractivity contribution is 0.573. The van der Waals surface area contributed by atoms with E-state index in [9.17, 15) is 0 Å². The Morgan fingerprint density at radius 3 is 1.00 bits per heavy atom. The van der Waals surface area contributed by atoms with Crippen LogP contribution in [0.3, 0.4) is 0 Å². The van der Waals surface area contributed by atoms with Gasteiger partial charge < -0.3 is 4.12 Å². The molecule has 0 heterocycles. The van der Waals surface area contributed by atoms with Gasteiger partial charge in [0.05, 0.1) is 0 Å². The average molecular weight is 487 g/mol. The van der Waals surface area contributed by atoms with Crippen LogP contribution in [0.5, 0.6) is 0 Å². The fourth-order valence-electron chi connectivity index (χ4n) is 4.00. The summed E-state index contributed by atoms with van der Waals surface area (Å²) < 4.78 is 6.94. The molecule has 0 aromatic heterocycles. The van der Waals surface area contributed by atoms with Crippen LogP contribution < -0.4 is 10.4 Å². The highest BCUT2D eigenvalue weighted by molar-refractivity contribution is 6.96. The van der Waals surface area contributed by atoms with Crippen molar-refractivity contribution in [3.8, 4) is 23.7 Å². The highest BCUT2D eigenvalue weighted by Gasteiger charge is 2.35. The minimum Gasteiger partial charge on any atom is -0.449 e. The Hall–Kier alpha value is -3.61. The maximum atomic E-state index is 6.94. The van der Waals surface area contributed by atoms with Crippen LogP contribution in [-0.4, -0.2) is 16.6 Å². The molecule has 4 aromatic rings. The molecule has 0 unspecified atom stereocenters. The normalized spacial score (nSPS) is 11.1. The molecule has 0 aliphatic carbocycles. The highest BCUT2D eigenvalue weighted by Crippen LogP contribution is 2.16. The number of hydrogen-bond donors (Lipinski definition) is 0. The first kappa shape index (κ1) is 24.5. The van der Waals surface area contributed by atoms with Crippen molar-refractivity contribution in [2.45, 2.75) is 26.2 Å². The molecule has 0 saturated heterocycles. The van der Waals surface area contributed by atoms with Crippen molar-refractivity contribution in [3.05, 3.63) is 131 Å². The predicted octanol–water partition coefficient (Wildman–Crippen LogP) is 6.03. The lowest BCUT2D eigenvalue weighted by atomic mass is 10.2. The van der Waals surface area contributed by atoms with Crippen LogP contribution >= 0.6 is 0 Å². The molecule has 0 N–H and O–H groups in total. The molecule has 35 heavy (non-hydrogen) atoms. The minimum absolute atomic E-state index is 1.02. The van der Waals surface area contributed by atoms with E-state index in [4.69, 9.17) is 4.12 Å². The first-order chi connectivity index (χ1) is 16.8. The Balaban J connectivity index is 1.45. The van der Waals surface area contributed by atoms with Crippen LogP contribution in [0.25, 0.3) is 0 Å². The molecule has 3 heteroatoms. The molecule has 0 bridgehead atoms. The molecule has 1 nitrogen and oxygen atoms in total. The second-order valence-electron chi connectivity index (χ2n) is 9.51. The third-order valence-corrected chi connectivity index (χ3v) is 13.5. The van der Waals surface area contributed by atoms with E-state index in [0.29, 0.717) is 0 Å². The summed E-state index contributed by atoms with van der Waals surface area (Å²) in [6.07, 6.45) is 0. The Kier molecular flexibility index (Phi) is 7.54. The number of benzene rings is 4. The molecule has 4 aromatic carbocycles. The van der Waals surface area contributed by atoms with Crippen LogP contribution in [0.15, 0.2) is 109 Å². The van der Waals surface area contributed by atoms with Gasteiger partial charge in [0, 0.05) is 22.3 Å². The van der Waals surface area contributed by atoms with Gasteiger partial charge in [0.15, 0.2) is 0 Å². The number of hydrogen-bond acceptors (Lipinski definition) is 1. The van der Waals surface area contributed by atoms with E-state index in [-0.39, 0.29) is 0 Å². The monoisotopic (exact) mass is 486 g/mol. The largest absolute Gasteiger partial charge is 0.449 e. The van der Waals surface area contributed by atoms with Crippen LogP contribution in [0.4, 0.5) is 0 Å². The zero-order valence-corrected chi connectivity index (χ0v) is 22.8. The highest BCUT2D eigenvalue weighted by atomic mass is 28.4. The molecule has 0 aliphatic rings. The summed E-state index contributed by atoms with van der Waals surface area (Å²) in [6, 6.07) is 37.4. The van der Waals surface area contributed by atoms with E-state index in [1.165, 1.54) is 10.4 Å². The molecule has 0 spiro atoms. The molecule has 4 rings (SSSR count). The number of rotatable bonds is 4. The summed E-state index contributed by atoms with van der Waals surface area (Å²) in [6.45, 7) is 9.14. The Labute approximate surface area is 212 Å². The van der Waals surface area contributed by atoms with Crippen molar-refractivity contribution in [1.29, 1.82) is 0 Å². The molecule has 0 saturated carbocycles. The molecule has 0 atom stereocenters. The van der Waals surface area contributed by atoms with E-state index >= 15 is 0 Å². The maximum absolute atomic E-state index is 6.94. The van der Waals surface area contributed by atoms with Crippen molar-refractivity contribution in [3.63, 3.8) is 0 Å². The predicted molar refractivity (Wildman–Crippen MR) is 153 cm³/mol. The van der Waals surface area contributed by atoms with Crippen LogP contribution in [0.1, 0.15) is 22.3 Å². The van der Waals surface area contributed by atoms with Gasteiger partial charge in [-0.25, -0.2) is 0 Å². The molecular weight excluding hydrogens is 457 g/mol. The summed E-state index contributed by atoms with van der Waals surface area (Å²) >= 11 is 0. The quantitative estimate of drug-likeness (QED) is 0.253. The van der Waals surface area contributed by atoms with Crippen molar-refractivity contribution in [2.75, 3.05) is 0 Å². The lowest BCUT2D eigenvalue weighted by Crippen LogP contribution is -2.57. The minimum atomic E-state index is -2.09. The van der Waals surface area contributed by atoms with Crippen molar-refractivity contribution in [1.82, 2.24) is 0 Å². The van der Waals surface area contributed by atoms with Gasteiger partial charge in [-0.15, -0.1) is 0 Å². The maximum Gasteiger partial charge on any atom is 0.206 e. The zero-order chi connectivity index (χ0) is 24.7. The smallest absolute Gasteiger partial charge is 0.206 e. The van der Waals surface area contributed by atoms with Gasteiger partial charge in [-0.05, 0) is 85.1 Å². The lowest BCUT2D eigenvalue weighted by Gasteiger charge is -2.34. The molecule has 0 fully saturated rings. The van der Waals surface area contributed by atoms with E-state index in [2.05, 4.69) is 98.4 Å². The summed E-state index contributed by atoms with van der Waals surface area (Å²) in [5.41, 5.74) is 4.09. The van der Waals surface area contributed by atoms with Gasteiger partial charge in [-0.3, -0.25) is 0 Å². The van der Waals surface area contributed by atoms with Crippen LogP contribution in [0.2, 0.25) is 26.2 Å². The molecule has 0 amide bonds. The van der Waals surface area contributed by atoms with Crippen LogP contribution in [0, 0.1) is 23.7 Å². The summed E-state index contributed by atoms with van der Waals surface area (Å²) in [7, 11) is -4.19. The van der Waals surface area contributed by atoms with Crippen molar-refractivity contribution in [2.24, 2.45) is 0 Å². The van der Waals surface area contributed by atoms with Crippen LogP contribution in [-0.2, 0) is 4.12 Å². The van der Waals surface area contributed by atoms with Gasteiger partial charge >= 0.3 is 0 Å². The Morgan fingerprint density at radius 2 is 0.686 bits per heavy atom. The van der Waals surface area contributed by atoms with E-state index < -0.39 is 16.6 Å². The van der Waals surface area contributed by atoms with Gasteiger partial charge in [0.25, 0.3) is 0 Å². The zero-order valence-electron chi connectivity index (χ0n) is 20.8. The standard InChI is InChI=1S/C32H30OSi2/c1-34(2,31-23-19-29(20-24-31)17-15-27-11-7-5-8-12-27)33-35(3,4)32-25-21-30(22-26-32)18-16-28-13-9-6-10-14-28/h5-14,19-26H,1-4H3. The first-order valence-electron chi connectivity index (χ1n) is 11.9. The topological polar surface area (TPSA) is 9.23 Å². The third-order valence-electron chi connectivity index (χ3n) is 5.92. The van der Waals surface area contributed by atoms with Gasteiger partial charge in [0.2, 0.25) is 16.6 Å². The van der Waals surface area contributed by atoms with E-state index in [1.54, 1.807) is 0 Å². The van der Waals surface area contributed by atoms with Gasteiger partial charge in [-0.2, -0.15) is 0 Å². The van der Waals surface area contributed by atoms with E-state index in [0.717, 1.165) is 22.3 Å².